The van der Waals surface area contributed by atoms with E-state index < -0.39 is 17.7 Å². The summed E-state index contributed by atoms with van der Waals surface area (Å²) in [5.41, 5.74) is 0.404. The number of ether oxygens (including phenoxy) is 1. The number of halogens is 1. The Hall–Kier alpha value is -2.31. The van der Waals surface area contributed by atoms with Gasteiger partial charge in [-0.2, -0.15) is 0 Å². The Kier molecular flexibility index (Phi) is 5.17. The van der Waals surface area contributed by atoms with Gasteiger partial charge in [0.25, 0.3) is 11.7 Å². The molecule has 7 heteroatoms. The third-order valence-electron chi connectivity index (χ3n) is 5.43. The minimum absolute atomic E-state index is 0.00936. The van der Waals surface area contributed by atoms with Crippen molar-refractivity contribution in [2.24, 2.45) is 0 Å². The van der Waals surface area contributed by atoms with Crippen LogP contribution < -0.4 is 4.74 Å². The van der Waals surface area contributed by atoms with E-state index in [1.807, 2.05) is 17.5 Å². The van der Waals surface area contributed by atoms with E-state index >= 15 is 0 Å². The highest BCUT2D eigenvalue weighted by atomic mass is 35.5. The maximum atomic E-state index is 13.0. The van der Waals surface area contributed by atoms with E-state index in [2.05, 4.69) is 0 Å². The fraction of sp³-hybridized carbons (Fsp3) is 0.333. The molecule has 2 heterocycles. The van der Waals surface area contributed by atoms with Crippen LogP contribution >= 0.6 is 22.9 Å². The Morgan fingerprint density at radius 2 is 2.00 bits per heavy atom. The van der Waals surface area contributed by atoms with Crippen molar-refractivity contribution in [2.45, 2.75) is 37.8 Å². The number of hydrogen-bond donors (Lipinski definition) is 1. The zero-order valence-electron chi connectivity index (χ0n) is 15.4. The lowest BCUT2D eigenvalue weighted by atomic mass is 9.99. The smallest absolute Gasteiger partial charge is 0.295 e. The van der Waals surface area contributed by atoms with Crippen molar-refractivity contribution >= 4 is 40.4 Å². The lowest BCUT2D eigenvalue weighted by Gasteiger charge is -2.29. The molecule has 1 aliphatic carbocycles. The van der Waals surface area contributed by atoms with E-state index in [-0.39, 0.29) is 17.4 Å². The Morgan fingerprint density at radius 1 is 1.25 bits per heavy atom. The summed E-state index contributed by atoms with van der Waals surface area (Å²) in [5, 5.41) is 13.4. The molecule has 4 rings (SSSR count). The number of ketones is 1. The van der Waals surface area contributed by atoms with E-state index in [0.717, 1.165) is 30.6 Å². The van der Waals surface area contributed by atoms with Crippen molar-refractivity contribution in [1.82, 2.24) is 4.90 Å². The van der Waals surface area contributed by atoms with Gasteiger partial charge in [-0.25, -0.2) is 0 Å². The van der Waals surface area contributed by atoms with E-state index in [9.17, 15) is 14.7 Å². The number of Topliss-reactive ketones (excluding diaryl/α,β-unsaturated/α-hetero) is 1. The standard InChI is InChI=1S/C21H20ClNO4S/c1-27-15-9-8-12(22)11-14(15)19(24)17-18(16-7-4-10-28-16)23(21(26)20(17)25)13-5-2-3-6-13/h4,7-11,13,18,24H,2-3,5-6H2,1H3/b19-17-. The molecular weight excluding hydrogens is 398 g/mol. The Balaban J connectivity index is 1.91. The van der Waals surface area contributed by atoms with Gasteiger partial charge in [0, 0.05) is 15.9 Å². The third kappa shape index (κ3) is 3.10. The molecule has 1 unspecified atom stereocenters. The maximum absolute atomic E-state index is 13.0. The first-order valence-corrected chi connectivity index (χ1v) is 10.5. The van der Waals surface area contributed by atoms with E-state index in [0.29, 0.717) is 16.3 Å². The molecule has 1 atom stereocenters. The van der Waals surface area contributed by atoms with Gasteiger partial charge in [0.1, 0.15) is 11.5 Å². The van der Waals surface area contributed by atoms with Gasteiger partial charge < -0.3 is 14.7 Å². The summed E-state index contributed by atoms with van der Waals surface area (Å²) in [6.07, 6.45) is 3.81. The number of nitrogens with zero attached hydrogens (tertiary/aromatic N) is 1. The summed E-state index contributed by atoms with van der Waals surface area (Å²) in [4.78, 5) is 28.5. The fourth-order valence-corrected chi connectivity index (χ4v) is 5.15. The number of amides is 1. The minimum atomic E-state index is -0.662. The molecular formula is C21H20ClNO4S. The lowest BCUT2D eigenvalue weighted by molar-refractivity contribution is -0.141. The number of likely N-dealkylation sites (tertiary alicyclic amines) is 1. The highest BCUT2D eigenvalue weighted by molar-refractivity contribution is 7.10. The van der Waals surface area contributed by atoms with Gasteiger partial charge in [-0.1, -0.05) is 30.5 Å². The second-order valence-corrected chi connectivity index (χ2v) is 8.42. The summed E-state index contributed by atoms with van der Waals surface area (Å²) < 4.78 is 5.34. The van der Waals surface area contributed by atoms with Crippen molar-refractivity contribution in [2.75, 3.05) is 7.11 Å². The number of carbonyl (C=O) groups excluding carboxylic acids is 2. The zero-order chi connectivity index (χ0) is 19.8. The molecule has 1 amide bonds. The molecule has 28 heavy (non-hydrogen) atoms. The van der Waals surface area contributed by atoms with Crippen LogP contribution in [0.5, 0.6) is 5.75 Å². The summed E-state index contributed by atoms with van der Waals surface area (Å²) in [5.74, 6) is -1.08. The van der Waals surface area contributed by atoms with Crippen molar-refractivity contribution in [3.8, 4) is 5.75 Å². The number of aliphatic hydroxyl groups excluding tert-OH is 1. The average Bonchev–Trinajstić information content (AvgIpc) is 3.43. The molecule has 0 spiro atoms. The number of carbonyl (C=O) groups is 2. The van der Waals surface area contributed by atoms with Crippen LogP contribution in [0.4, 0.5) is 0 Å². The third-order valence-corrected chi connectivity index (χ3v) is 6.59. The number of benzene rings is 1. The Bertz CT molecular complexity index is 947. The molecule has 2 aliphatic rings. The average molecular weight is 418 g/mol. The predicted octanol–water partition coefficient (Wildman–Crippen LogP) is 4.77. The van der Waals surface area contributed by atoms with Crippen LogP contribution in [-0.2, 0) is 9.59 Å². The number of hydrogen-bond acceptors (Lipinski definition) is 5. The van der Waals surface area contributed by atoms with Gasteiger partial charge in [-0.3, -0.25) is 9.59 Å². The van der Waals surface area contributed by atoms with Gasteiger partial charge >= 0.3 is 0 Å². The van der Waals surface area contributed by atoms with Crippen molar-refractivity contribution in [3.05, 3.63) is 56.7 Å². The number of rotatable bonds is 4. The van der Waals surface area contributed by atoms with Crippen LogP contribution in [0.25, 0.3) is 5.76 Å². The second-order valence-electron chi connectivity index (χ2n) is 7.00. The predicted molar refractivity (Wildman–Crippen MR) is 109 cm³/mol. The van der Waals surface area contributed by atoms with Crippen LogP contribution in [0.15, 0.2) is 41.3 Å². The summed E-state index contributed by atoms with van der Waals surface area (Å²) >= 11 is 7.58. The molecule has 2 fully saturated rings. The summed E-state index contributed by atoms with van der Waals surface area (Å²) in [7, 11) is 1.48. The second kappa shape index (κ2) is 7.60. The molecule has 1 aliphatic heterocycles. The molecule has 1 saturated heterocycles. The maximum Gasteiger partial charge on any atom is 0.295 e. The van der Waals surface area contributed by atoms with Gasteiger partial charge in [0.05, 0.1) is 24.3 Å². The Labute approximate surface area is 172 Å². The summed E-state index contributed by atoms with van der Waals surface area (Å²) in [6, 6.07) is 8.02. The van der Waals surface area contributed by atoms with Crippen molar-refractivity contribution < 1.29 is 19.4 Å². The highest BCUT2D eigenvalue weighted by Gasteiger charge is 2.49. The van der Waals surface area contributed by atoms with Gasteiger partial charge in [0.15, 0.2) is 0 Å². The van der Waals surface area contributed by atoms with Crippen LogP contribution in [-0.4, -0.2) is 34.8 Å². The molecule has 0 radical (unpaired) electrons. The van der Waals surface area contributed by atoms with Crippen LogP contribution in [0.1, 0.15) is 42.2 Å². The number of thiophene rings is 1. The topological polar surface area (TPSA) is 66.8 Å². The van der Waals surface area contributed by atoms with Gasteiger partial charge in [-0.15, -0.1) is 11.3 Å². The first-order chi connectivity index (χ1) is 13.5. The minimum Gasteiger partial charge on any atom is -0.507 e. The first-order valence-electron chi connectivity index (χ1n) is 9.20. The molecule has 5 nitrogen and oxygen atoms in total. The molecule has 146 valence electrons. The van der Waals surface area contributed by atoms with Crippen LogP contribution in [0.2, 0.25) is 5.02 Å². The quantitative estimate of drug-likeness (QED) is 0.442. The van der Waals surface area contributed by atoms with Crippen molar-refractivity contribution in [3.63, 3.8) is 0 Å². The molecule has 1 saturated carbocycles. The monoisotopic (exact) mass is 417 g/mol. The number of methoxy groups -OCH3 is 1. The SMILES string of the molecule is COc1ccc(Cl)cc1/C(O)=C1/C(=O)C(=O)N(C2CCCC2)C1c1cccs1. The normalized spacial score (nSPS) is 22.2. The molecule has 1 N–H and O–H groups in total. The van der Waals surface area contributed by atoms with Crippen molar-refractivity contribution in [1.29, 1.82) is 0 Å². The van der Waals surface area contributed by atoms with Gasteiger partial charge in [-0.05, 0) is 42.5 Å². The highest BCUT2D eigenvalue weighted by Crippen LogP contribution is 2.45. The Morgan fingerprint density at radius 3 is 2.64 bits per heavy atom. The largest absolute Gasteiger partial charge is 0.507 e. The van der Waals surface area contributed by atoms with E-state index in [4.69, 9.17) is 16.3 Å². The molecule has 1 aromatic carbocycles. The van der Waals surface area contributed by atoms with Crippen LogP contribution in [0, 0.1) is 0 Å². The first kappa shape index (κ1) is 19.0. The lowest BCUT2D eigenvalue weighted by Crippen LogP contribution is -2.37. The number of aliphatic hydroxyl groups is 1. The van der Waals surface area contributed by atoms with Gasteiger partial charge in [0.2, 0.25) is 0 Å². The van der Waals surface area contributed by atoms with Crippen LogP contribution in [0.3, 0.4) is 0 Å². The molecule has 0 bridgehead atoms. The fourth-order valence-electron chi connectivity index (χ4n) is 4.15. The zero-order valence-corrected chi connectivity index (χ0v) is 16.9. The summed E-state index contributed by atoms with van der Waals surface area (Å²) in [6.45, 7) is 0. The molecule has 1 aromatic heterocycles. The molecule has 2 aromatic rings. The van der Waals surface area contributed by atoms with E-state index in [1.165, 1.54) is 18.4 Å². The van der Waals surface area contributed by atoms with E-state index in [1.54, 1.807) is 23.1 Å².